The smallest absolute Gasteiger partial charge is 0.242 e. The van der Waals surface area contributed by atoms with E-state index in [-0.39, 0.29) is 21.7 Å². The minimum absolute atomic E-state index is 0.00872. The summed E-state index contributed by atoms with van der Waals surface area (Å²) in [6, 6.07) is 2.94. The predicted molar refractivity (Wildman–Crippen MR) is 93.1 cm³/mol. The van der Waals surface area contributed by atoms with Crippen LogP contribution in [0.4, 0.5) is 0 Å². The van der Waals surface area contributed by atoms with Crippen molar-refractivity contribution in [1.29, 1.82) is 0 Å². The van der Waals surface area contributed by atoms with E-state index >= 15 is 0 Å². The first-order valence-corrected chi connectivity index (χ1v) is 10.8. The molecule has 21 heavy (non-hydrogen) atoms. The van der Waals surface area contributed by atoms with Crippen molar-refractivity contribution < 1.29 is 8.42 Å². The first-order valence-electron chi connectivity index (χ1n) is 6.31. The van der Waals surface area contributed by atoms with Crippen LogP contribution in [0.15, 0.2) is 17.0 Å². The van der Waals surface area contributed by atoms with Gasteiger partial charge in [0.05, 0.1) is 5.02 Å². The van der Waals surface area contributed by atoms with Gasteiger partial charge >= 0.3 is 0 Å². The van der Waals surface area contributed by atoms with Gasteiger partial charge in [0, 0.05) is 40.6 Å². The van der Waals surface area contributed by atoms with Crippen LogP contribution in [0.3, 0.4) is 0 Å². The van der Waals surface area contributed by atoms with Crippen LogP contribution >= 0.6 is 46.7 Å². The number of halogens is 2. The fourth-order valence-electron chi connectivity index (χ4n) is 1.90. The molecule has 9 heteroatoms. The summed E-state index contributed by atoms with van der Waals surface area (Å²) in [5.74, 6) is 3.12. The number of thioether (sulfide) groups is 2. The van der Waals surface area contributed by atoms with Crippen LogP contribution in [0.1, 0.15) is 5.56 Å². The maximum atomic E-state index is 12.4. The highest BCUT2D eigenvalue weighted by Gasteiger charge is 2.23. The van der Waals surface area contributed by atoms with E-state index in [0.29, 0.717) is 17.1 Å². The third kappa shape index (κ3) is 4.67. The molecule has 0 radical (unpaired) electrons. The lowest BCUT2D eigenvalue weighted by Crippen LogP contribution is -2.33. The predicted octanol–water partition coefficient (Wildman–Crippen LogP) is 2.58. The quantitative estimate of drug-likeness (QED) is 0.813. The molecule has 1 aromatic carbocycles. The minimum Gasteiger partial charge on any atom is -0.326 e. The van der Waals surface area contributed by atoms with Crippen LogP contribution in [0, 0.1) is 0 Å². The molecule has 0 aromatic heterocycles. The topological polar surface area (TPSA) is 72.2 Å². The van der Waals surface area contributed by atoms with Gasteiger partial charge in [-0.3, -0.25) is 0 Å². The fraction of sp³-hybridized carbons (Fsp3) is 0.500. The van der Waals surface area contributed by atoms with Gasteiger partial charge in [-0.2, -0.15) is 23.5 Å². The van der Waals surface area contributed by atoms with E-state index in [4.69, 9.17) is 28.9 Å². The van der Waals surface area contributed by atoms with E-state index in [9.17, 15) is 8.42 Å². The summed E-state index contributed by atoms with van der Waals surface area (Å²) >= 11 is 15.7. The molecular formula is C12H16Cl2N2O2S3. The van der Waals surface area contributed by atoms with Gasteiger partial charge in [-0.1, -0.05) is 23.2 Å². The highest BCUT2D eigenvalue weighted by Crippen LogP contribution is 2.30. The summed E-state index contributed by atoms with van der Waals surface area (Å²) in [7, 11) is -3.69. The highest BCUT2D eigenvalue weighted by molar-refractivity contribution is 8.06. The van der Waals surface area contributed by atoms with Crippen LogP contribution in [0.25, 0.3) is 0 Å². The number of hydrogen-bond acceptors (Lipinski definition) is 5. The molecule has 1 aliphatic rings. The van der Waals surface area contributed by atoms with E-state index in [2.05, 4.69) is 4.72 Å². The van der Waals surface area contributed by atoms with E-state index < -0.39 is 10.0 Å². The van der Waals surface area contributed by atoms with Gasteiger partial charge < -0.3 is 5.73 Å². The Hall–Kier alpha value is 0.370. The van der Waals surface area contributed by atoms with Crippen molar-refractivity contribution in [2.24, 2.45) is 5.73 Å². The summed E-state index contributed by atoms with van der Waals surface area (Å²) in [6.07, 6.45) is 0. The molecular weight excluding hydrogens is 371 g/mol. The Bertz CT molecular complexity index is 605. The van der Waals surface area contributed by atoms with Crippen molar-refractivity contribution >= 4 is 56.7 Å². The first-order chi connectivity index (χ1) is 9.94. The van der Waals surface area contributed by atoms with Gasteiger partial charge in [-0.25, -0.2) is 13.1 Å². The summed E-state index contributed by atoms with van der Waals surface area (Å²) < 4.78 is 27.4. The molecule has 2 rings (SSSR count). The zero-order chi connectivity index (χ0) is 15.5. The molecule has 1 fully saturated rings. The summed E-state index contributed by atoms with van der Waals surface area (Å²) in [5.41, 5.74) is 6.08. The molecule has 1 aliphatic heterocycles. The van der Waals surface area contributed by atoms with Crippen molar-refractivity contribution in [3.05, 3.63) is 27.7 Å². The molecule has 0 aliphatic carbocycles. The number of sulfonamides is 1. The van der Waals surface area contributed by atoms with Crippen LogP contribution < -0.4 is 10.5 Å². The summed E-state index contributed by atoms with van der Waals surface area (Å²) in [6.45, 7) is 0.526. The number of hydrogen-bond donors (Lipinski definition) is 2. The molecule has 1 aromatic rings. The van der Waals surface area contributed by atoms with E-state index in [1.807, 2.05) is 11.8 Å². The third-order valence-corrected chi connectivity index (χ3v) is 8.04. The van der Waals surface area contributed by atoms with Crippen molar-refractivity contribution in [2.75, 3.05) is 23.8 Å². The van der Waals surface area contributed by atoms with Crippen molar-refractivity contribution in [2.45, 2.75) is 16.7 Å². The second-order valence-electron chi connectivity index (χ2n) is 4.50. The first kappa shape index (κ1) is 17.7. The molecule has 0 amide bonds. The Morgan fingerprint density at radius 3 is 2.71 bits per heavy atom. The van der Waals surface area contributed by atoms with Gasteiger partial charge in [-0.15, -0.1) is 0 Å². The van der Waals surface area contributed by atoms with E-state index in [1.165, 1.54) is 6.07 Å². The number of nitrogens with one attached hydrogen (secondary N) is 1. The van der Waals surface area contributed by atoms with Crippen LogP contribution in [-0.2, 0) is 16.6 Å². The monoisotopic (exact) mass is 386 g/mol. The summed E-state index contributed by atoms with van der Waals surface area (Å²) in [5, 5.41) is 0.730. The maximum Gasteiger partial charge on any atom is 0.242 e. The molecule has 4 nitrogen and oxygen atoms in total. The maximum absolute atomic E-state index is 12.4. The second kappa shape index (κ2) is 7.77. The van der Waals surface area contributed by atoms with E-state index in [0.717, 1.165) is 17.3 Å². The van der Waals surface area contributed by atoms with E-state index in [1.54, 1.807) is 17.8 Å². The molecule has 0 saturated carbocycles. The summed E-state index contributed by atoms with van der Waals surface area (Å²) in [4.78, 5) is -0.00872. The number of benzene rings is 1. The number of rotatable bonds is 5. The average molecular weight is 387 g/mol. The van der Waals surface area contributed by atoms with Crippen LogP contribution in [-0.4, -0.2) is 37.5 Å². The van der Waals surface area contributed by atoms with Crippen LogP contribution in [0.5, 0.6) is 0 Å². The van der Waals surface area contributed by atoms with Gasteiger partial charge in [-0.05, 0) is 17.7 Å². The largest absolute Gasteiger partial charge is 0.326 e. The Morgan fingerprint density at radius 1 is 1.33 bits per heavy atom. The average Bonchev–Trinajstić information content (AvgIpc) is 2.48. The van der Waals surface area contributed by atoms with Crippen LogP contribution in [0.2, 0.25) is 10.0 Å². The van der Waals surface area contributed by atoms with Crippen molar-refractivity contribution in [3.8, 4) is 0 Å². The molecule has 1 unspecified atom stereocenters. The lowest BCUT2D eigenvalue weighted by atomic mass is 10.2. The molecule has 118 valence electrons. The molecule has 0 spiro atoms. The molecule has 3 N–H and O–H groups in total. The standard InChI is InChI=1S/C12H16Cl2N2O2S3/c13-9-3-8(5-15)12(14)11(4-9)21(17,18)16-6-10-7-19-1-2-20-10/h3-4,10,16H,1-2,5-7,15H2. The van der Waals surface area contributed by atoms with Gasteiger partial charge in [0.1, 0.15) is 4.90 Å². The minimum atomic E-state index is -3.69. The Kier molecular flexibility index (Phi) is 6.55. The zero-order valence-electron chi connectivity index (χ0n) is 11.1. The number of nitrogens with two attached hydrogens (primary N) is 1. The Labute approximate surface area is 143 Å². The Balaban J connectivity index is 2.17. The fourth-order valence-corrected chi connectivity index (χ4v) is 6.64. The van der Waals surface area contributed by atoms with Gasteiger partial charge in [0.15, 0.2) is 0 Å². The third-order valence-electron chi connectivity index (χ3n) is 2.97. The highest BCUT2D eigenvalue weighted by atomic mass is 35.5. The molecule has 1 saturated heterocycles. The van der Waals surface area contributed by atoms with Gasteiger partial charge in [0.25, 0.3) is 0 Å². The Morgan fingerprint density at radius 2 is 2.10 bits per heavy atom. The van der Waals surface area contributed by atoms with Crippen molar-refractivity contribution in [3.63, 3.8) is 0 Å². The zero-order valence-corrected chi connectivity index (χ0v) is 15.1. The molecule has 1 atom stereocenters. The lowest BCUT2D eigenvalue weighted by Gasteiger charge is -2.21. The van der Waals surface area contributed by atoms with Crippen molar-refractivity contribution in [1.82, 2.24) is 4.72 Å². The SMILES string of the molecule is NCc1cc(Cl)cc(S(=O)(=O)NCC2CSCCS2)c1Cl. The molecule has 1 heterocycles. The molecule has 0 bridgehead atoms. The second-order valence-corrected chi connectivity index (χ2v) is 9.61. The lowest BCUT2D eigenvalue weighted by molar-refractivity contribution is 0.581. The normalized spacial score (nSPS) is 19.7. The van der Waals surface area contributed by atoms with Gasteiger partial charge in [0.2, 0.25) is 10.0 Å².